The van der Waals surface area contributed by atoms with Crippen molar-refractivity contribution in [2.75, 3.05) is 7.11 Å². The fourth-order valence-corrected chi connectivity index (χ4v) is 3.14. The second-order valence-corrected chi connectivity index (χ2v) is 6.04. The average Bonchev–Trinajstić information content (AvgIpc) is 2.54. The van der Waals surface area contributed by atoms with E-state index in [2.05, 4.69) is 5.32 Å². The monoisotopic (exact) mass is 333 g/mol. The Hall–Kier alpha value is -2.07. The van der Waals surface area contributed by atoms with Gasteiger partial charge in [0.2, 0.25) is 0 Å². The second kappa shape index (κ2) is 6.59. The van der Waals surface area contributed by atoms with Gasteiger partial charge in [0.1, 0.15) is 11.6 Å². The first kappa shape index (κ1) is 15.8. The Labute approximate surface area is 139 Å². The van der Waals surface area contributed by atoms with Crippen LogP contribution in [0.25, 0.3) is 0 Å². The first-order valence-corrected chi connectivity index (χ1v) is 7.89. The van der Waals surface area contributed by atoms with Gasteiger partial charge in [-0.3, -0.25) is 4.79 Å². The number of carbonyl (C=O) groups excluding carboxylic acids is 1. The minimum atomic E-state index is -0.610. The van der Waals surface area contributed by atoms with Gasteiger partial charge in [0.15, 0.2) is 0 Å². The molecule has 0 bridgehead atoms. The number of carbonyl (C=O) groups is 1. The highest BCUT2D eigenvalue weighted by Gasteiger charge is 2.23. The van der Waals surface area contributed by atoms with Crippen LogP contribution in [-0.2, 0) is 6.42 Å². The number of nitrogens with one attached hydrogen (secondary N) is 1. The van der Waals surface area contributed by atoms with E-state index in [1.54, 1.807) is 7.11 Å². The third-order valence-corrected chi connectivity index (χ3v) is 4.38. The van der Waals surface area contributed by atoms with Crippen LogP contribution in [-0.4, -0.2) is 13.0 Å². The van der Waals surface area contributed by atoms with E-state index in [4.69, 9.17) is 16.3 Å². The summed E-state index contributed by atoms with van der Waals surface area (Å²) in [6, 6.07) is 9.80. The van der Waals surface area contributed by atoms with Gasteiger partial charge in [0, 0.05) is 5.02 Å². The van der Waals surface area contributed by atoms with Crippen molar-refractivity contribution >= 4 is 17.5 Å². The van der Waals surface area contributed by atoms with Crippen LogP contribution in [0.15, 0.2) is 36.4 Å². The molecule has 3 nitrogen and oxygen atoms in total. The number of rotatable bonds is 3. The number of ether oxygens (including phenoxy) is 1. The number of amides is 1. The Morgan fingerprint density at radius 3 is 2.87 bits per heavy atom. The molecule has 5 heteroatoms. The van der Waals surface area contributed by atoms with E-state index in [-0.39, 0.29) is 16.6 Å². The molecule has 120 valence electrons. The molecule has 23 heavy (non-hydrogen) atoms. The lowest BCUT2D eigenvalue weighted by Crippen LogP contribution is -2.31. The maximum absolute atomic E-state index is 13.9. The second-order valence-electron chi connectivity index (χ2n) is 5.61. The first-order valence-electron chi connectivity index (χ1n) is 7.51. The summed E-state index contributed by atoms with van der Waals surface area (Å²) in [5, 5.41) is 3.20. The van der Waals surface area contributed by atoms with Crippen molar-refractivity contribution in [2.45, 2.75) is 25.3 Å². The highest BCUT2D eigenvalue weighted by Crippen LogP contribution is 2.32. The molecule has 0 saturated carbocycles. The Balaban J connectivity index is 1.83. The Bertz CT molecular complexity index is 748. The van der Waals surface area contributed by atoms with Gasteiger partial charge in [0.05, 0.1) is 18.7 Å². The molecule has 0 aliphatic heterocycles. The lowest BCUT2D eigenvalue weighted by atomic mass is 9.87. The van der Waals surface area contributed by atoms with Crippen LogP contribution in [0, 0.1) is 5.82 Å². The van der Waals surface area contributed by atoms with Gasteiger partial charge in [-0.1, -0.05) is 17.7 Å². The molecule has 1 N–H and O–H groups in total. The predicted molar refractivity (Wildman–Crippen MR) is 87.5 cm³/mol. The highest BCUT2D eigenvalue weighted by atomic mass is 35.5. The van der Waals surface area contributed by atoms with Crippen LogP contribution in [0.4, 0.5) is 4.39 Å². The van der Waals surface area contributed by atoms with E-state index in [1.807, 2.05) is 18.2 Å². The van der Waals surface area contributed by atoms with E-state index < -0.39 is 11.7 Å². The van der Waals surface area contributed by atoms with Crippen LogP contribution in [0.2, 0.25) is 5.02 Å². The van der Waals surface area contributed by atoms with Gasteiger partial charge >= 0.3 is 0 Å². The minimum Gasteiger partial charge on any atom is -0.497 e. The SMILES string of the molecule is COc1ccc2c(c1)CCC[C@H]2NC(=O)c1ccc(Cl)cc1F. The molecule has 0 aromatic heterocycles. The molecule has 1 aliphatic rings. The number of aryl methyl sites for hydroxylation is 1. The van der Waals surface area contributed by atoms with Crippen molar-refractivity contribution in [1.29, 1.82) is 0 Å². The van der Waals surface area contributed by atoms with Crippen LogP contribution < -0.4 is 10.1 Å². The quantitative estimate of drug-likeness (QED) is 0.909. The highest BCUT2D eigenvalue weighted by molar-refractivity contribution is 6.30. The zero-order valence-corrected chi connectivity index (χ0v) is 13.5. The third-order valence-electron chi connectivity index (χ3n) is 4.15. The van der Waals surface area contributed by atoms with Crippen molar-refractivity contribution in [1.82, 2.24) is 5.32 Å². The molecule has 3 rings (SSSR count). The van der Waals surface area contributed by atoms with Crippen LogP contribution in [0.5, 0.6) is 5.75 Å². The van der Waals surface area contributed by atoms with Crippen molar-refractivity contribution in [3.63, 3.8) is 0 Å². The molecular formula is C18H17ClFNO2. The van der Waals surface area contributed by atoms with Crippen molar-refractivity contribution in [3.05, 3.63) is 63.9 Å². The molecule has 0 radical (unpaired) electrons. The number of halogens is 2. The van der Waals surface area contributed by atoms with Gasteiger partial charge in [0.25, 0.3) is 5.91 Å². The van der Waals surface area contributed by atoms with Crippen LogP contribution in [0.1, 0.15) is 40.4 Å². The van der Waals surface area contributed by atoms with Gasteiger partial charge in [-0.05, 0) is 60.7 Å². The summed E-state index contributed by atoms with van der Waals surface area (Å²) in [4.78, 5) is 12.4. The lowest BCUT2D eigenvalue weighted by Gasteiger charge is -2.27. The van der Waals surface area contributed by atoms with E-state index in [9.17, 15) is 9.18 Å². The first-order chi connectivity index (χ1) is 11.1. The van der Waals surface area contributed by atoms with E-state index in [1.165, 1.54) is 12.1 Å². The molecule has 1 amide bonds. The summed E-state index contributed by atoms with van der Waals surface area (Å²) in [7, 11) is 1.63. The predicted octanol–water partition coefficient (Wildman–Crippen LogP) is 4.30. The molecule has 0 heterocycles. The Kier molecular flexibility index (Phi) is 4.53. The summed E-state index contributed by atoms with van der Waals surface area (Å²) < 4.78 is 19.1. The summed E-state index contributed by atoms with van der Waals surface area (Å²) >= 11 is 5.73. The molecular weight excluding hydrogens is 317 g/mol. The number of hydrogen-bond donors (Lipinski definition) is 1. The fraction of sp³-hybridized carbons (Fsp3) is 0.278. The minimum absolute atomic E-state index is 0.00929. The van der Waals surface area contributed by atoms with Crippen molar-refractivity contribution in [3.8, 4) is 5.75 Å². The number of methoxy groups -OCH3 is 1. The maximum atomic E-state index is 13.9. The maximum Gasteiger partial charge on any atom is 0.254 e. The zero-order chi connectivity index (χ0) is 16.4. The lowest BCUT2D eigenvalue weighted by molar-refractivity contribution is 0.0928. The summed E-state index contributed by atoms with van der Waals surface area (Å²) in [5.74, 6) is -0.229. The fourth-order valence-electron chi connectivity index (χ4n) is 2.98. The molecule has 1 aliphatic carbocycles. The summed E-state index contributed by atoms with van der Waals surface area (Å²) in [6.45, 7) is 0. The third kappa shape index (κ3) is 3.32. The van der Waals surface area contributed by atoms with Crippen molar-refractivity contribution in [2.24, 2.45) is 0 Å². The molecule has 0 spiro atoms. The number of hydrogen-bond acceptors (Lipinski definition) is 2. The standard InChI is InChI=1S/C18H17ClFNO2/c1-23-13-6-8-14-11(9-13)3-2-4-17(14)21-18(22)15-7-5-12(19)10-16(15)20/h5-10,17H,2-4H2,1H3,(H,21,22)/t17-/m1/s1. The average molecular weight is 334 g/mol. The van der Waals surface area contributed by atoms with E-state index in [0.29, 0.717) is 0 Å². The van der Waals surface area contributed by atoms with E-state index >= 15 is 0 Å². The van der Waals surface area contributed by atoms with Gasteiger partial charge in [-0.25, -0.2) is 4.39 Å². The van der Waals surface area contributed by atoms with Crippen molar-refractivity contribution < 1.29 is 13.9 Å². The topological polar surface area (TPSA) is 38.3 Å². The number of benzene rings is 2. The molecule has 1 atom stereocenters. The van der Waals surface area contributed by atoms with Gasteiger partial charge in [-0.2, -0.15) is 0 Å². The Morgan fingerprint density at radius 1 is 1.30 bits per heavy atom. The van der Waals surface area contributed by atoms with Gasteiger partial charge in [-0.15, -0.1) is 0 Å². The summed E-state index contributed by atoms with van der Waals surface area (Å²) in [5.41, 5.74) is 2.24. The van der Waals surface area contributed by atoms with Crippen LogP contribution >= 0.6 is 11.6 Å². The molecule has 2 aromatic carbocycles. The Morgan fingerprint density at radius 2 is 2.13 bits per heavy atom. The molecule has 0 fully saturated rings. The normalized spacial score (nSPS) is 16.6. The van der Waals surface area contributed by atoms with Crippen LogP contribution in [0.3, 0.4) is 0 Å². The molecule has 0 unspecified atom stereocenters. The zero-order valence-electron chi connectivity index (χ0n) is 12.7. The largest absolute Gasteiger partial charge is 0.497 e. The summed E-state index contributed by atoms with van der Waals surface area (Å²) in [6.07, 6.45) is 2.75. The number of fused-ring (bicyclic) bond motifs is 1. The molecule has 0 saturated heterocycles. The molecule has 2 aromatic rings. The van der Waals surface area contributed by atoms with Gasteiger partial charge < -0.3 is 10.1 Å². The van der Waals surface area contributed by atoms with E-state index in [0.717, 1.165) is 42.2 Å². The smallest absolute Gasteiger partial charge is 0.254 e.